The third-order valence-corrected chi connectivity index (χ3v) is 5.91. The quantitative estimate of drug-likeness (QED) is 0.635. The molecule has 2 aromatic rings. The van der Waals surface area contributed by atoms with E-state index in [2.05, 4.69) is 38.3 Å². The van der Waals surface area contributed by atoms with E-state index in [1.54, 1.807) is 0 Å². The minimum absolute atomic E-state index is 0.219. The van der Waals surface area contributed by atoms with Gasteiger partial charge < -0.3 is 10.6 Å². The van der Waals surface area contributed by atoms with Crippen LogP contribution in [0.3, 0.4) is 0 Å². The normalized spacial score (nSPS) is 18.6. The van der Waals surface area contributed by atoms with Crippen LogP contribution in [-0.4, -0.2) is 29.3 Å². The first-order chi connectivity index (χ1) is 14.7. The van der Waals surface area contributed by atoms with Crippen LogP contribution in [0.2, 0.25) is 0 Å². The first-order valence-corrected chi connectivity index (χ1v) is 10.8. The van der Waals surface area contributed by atoms with E-state index in [9.17, 15) is 14.4 Å². The summed E-state index contributed by atoms with van der Waals surface area (Å²) in [5.41, 5.74) is 2.41. The Kier molecular flexibility index (Phi) is 6.48. The van der Waals surface area contributed by atoms with Gasteiger partial charge in [0.2, 0.25) is 5.91 Å². The monoisotopic (exact) mass is 421 g/mol. The third kappa shape index (κ3) is 4.20. The maximum atomic E-state index is 13.3. The molecule has 2 aromatic carbocycles. The maximum absolute atomic E-state index is 13.3. The number of urea groups is 1. The third-order valence-electron chi connectivity index (χ3n) is 5.91. The molecule has 164 valence electrons. The van der Waals surface area contributed by atoms with Gasteiger partial charge in [0, 0.05) is 5.69 Å². The summed E-state index contributed by atoms with van der Waals surface area (Å²) in [6, 6.07) is 14.6. The average molecular weight is 422 g/mol. The molecule has 31 heavy (non-hydrogen) atoms. The first-order valence-electron chi connectivity index (χ1n) is 10.8. The molecule has 0 aliphatic carbocycles. The van der Waals surface area contributed by atoms with Gasteiger partial charge in [0.05, 0.1) is 0 Å². The van der Waals surface area contributed by atoms with Crippen LogP contribution in [0.25, 0.3) is 0 Å². The Morgan fingerprint density at radius 1 is 0.968 bits per heavy atom. The highest BCUT2D eigenvalue weighted by Gasteiger charge is 2.51. The Balaban J connectivity index is 1.85. The fourth-order valence-corrected chi connectivity index (χ4v) is 4.15. The molecule has 0 spiro atoms. The maximum Gasteiger partial charge on any atom is 0.325 e. The number of hydrogen-bond donors (Lipinski definition) is 2. The molecule has 1 atom stereocenters. The molecular formula is C25H31N3O3. The molecular weight excluding hydrogens is 390 g/mol. The molecule has 0 bridgehead atoms. The van der Waals surface area contributed by atoms with Gasteiger partial charge in [-0.2, -0.15) is 0 Å². The number of rotatable bonds is 7. The molecule has 4 amide bonds. The van der Waals surface area contributed by atoms with E-state index >= 15 is 0 Å². The van der Waals surface area contributed by atoms with Crippen molar-refractivity contribution < 1.29 is 14.4 Å². The van der Waals surface area contributed by atoms with Crippen molar-refractivity contribution in [3.63, 3.8) is 0 Å². The number of nitrogens with zero attached hydrogens (tertiary/aromatic N) is 1. The van der Waals surface area contributed by atoms with Crippen LogP contribution in [0.15, 0.2) is 48.5 Å². The molecule has 0 aromatic heterocycles. The zero-order chi connectivity index (χ0) is 22.8. The zero-order valence-corrected chi connectivity index (χ0v) is 18.9. The van der Waals surface area contributed by atoms with Crippen molar-refractivity contribution in [3.8, 4) is 0 Å². The van der Waals surface area contributed by atoms with Gasteiger partial charge in [-0.05, 0) is 34.9 Å². The summed E-state index contributed by atoms with van der Waals surface area (Å²) in [7, 11) is 0. The lowest BCUT2D eigenvalue weighted by molar-refractivity contribution is -0.134. The largest absolute Gasteiger partial charge is 0.325 e. The second-order valence-corrected chi connectivity index (χ2v) is 8.62. The minimum Gasteiger partial charge on any atom is -0.324 e. The van der Waals surface area contributed by atoms with Crippen molar-refractivity contribution in [2.75, 3.05) is 11.9 Å². The van der Waals surface area contributed by atoms with E-state index in [1.165, 1.54) is 0 Å². The molecule has 6 nitrogen and oxygen atoms in total. The van der Waals surface area contributed by atoms with Gasteiger partial charge >= 0.3 is 6.03 Å². The zero-order valence-electron chi connectivity index (χ0n) is 18.9. The van der Waals surface area contributed by atoms with Crippen molar-refractivity contribution in [1.29, 1.82) is 0 Å². The molecule has 3 rings (SSSR count). The molecule has 1 aliphatic rings. The number of para-hydroxylation sites is 1. The number of carbonyl (C=O) groups is 3. The Morgan fingerprint density at radius 3 is 2.06 bits per heavy atom. The number of benzene rings is 2. The standard InChI is InChI=1S/C25H31N3O3/c1-6-25(18-11-8-7-9-12-18)23(30)28(24(31)27-25)15-21(29)26-22-19(16(2)3)13-10-14-20(22)17(4)5/h7-14,16-17H,6,15H2,1-5H3,(H,26,29)(H,27,31). The topological polar surface area (TPSA) is 78.5 Å². The predicted octanol–water partition coefficient (Wildman–Crippen LogP) is 4.73. The van der Waals surface area contributed by atoms with Crippen LogP contribution >= 0.6 is 0 Å². The molecule has 1 saturated heterocycles. The Bertz CT molecular complexity index is 959. The van der Waals surface area contributed by atoms with E-state index < -0.39 is 23.4 Å². The van der Waals surface area contributed by atoms with Gasteiger partial charge in [0.1, 0.15) is 12.1 Å². The summed E-state index contributed by atoms with van der Waals surface area (Å²) in [4.78, 5) is 39.9. The fraction of sp³-hybridized carbons (Fsp3) is 0.400. The molecule has 0 saturated carbocycles. The second-order valence-electron chi connectivity index (χ2n) is 8.62. The van der Waals surface area contributed by atoms with Crippen LogP contribution in [0, 0.1) is 0 Å². The lowest BCUT2D eigenvalue weighted by Crippen LogP contribution is -2.44. The highest BCUT2D eigenvalue weighted by Crippen LogP contribution is 2.34. The summed E-state index contributed by atoms with van der Waals surface area (Å²) >= 11 is 0. The van der Waals surface area contributed by atoms with E-state index in [4.69, 9.17) is 0 Å². The highest BCUT2D eigenvalue weighted by atomic mass is 16.2. The lowest BCUT2D eigenvalue weighted by atomic mass is 9.87. The van der Waals surface area contributed by atoms with E-state index in [0.717, 1.165) is 21.7 Å². The van der Waals surface area contributed by atoms with E-state index in [0.29, 0.717) is 12.0 Å². The van der Waals surface area contributed by atoms with Crippen molar-refractivity contribution in [1.82, 2.24) is 10.2 Å². The van der Waals surface area contributed by atoms with Crippen molar-refractivity contribution in [2.24, 2.45) is 0 Å². The van der Waals surface area contributed by atoms with E-state index in [1.807, 2.05) is 55.5 Å². The summed E-state index contributed by atoms with van der Waals surface area (Å²) in [5.74, 6) is -0.353. The summed E-state index contributed by atoms with van der Waals surface area (Å²) in [6.07, 6.45) is 0.396. The predicted molar refractivity (Wildman–Crippen MR) is 122 cm³/mol. The fourth-order valence-electron chi connectivity index (χ4n) is 4.15. The smallest absolute Gasteiger partial charge is 0.324 e. The number of anilines is 1. The molecule has 1 heterocycles. The summed E-state index contributed by atoms with van der Waals surface area (Å²) in [6.45, 7) is 9.81. The van der Waals surface area contributed by atoms with Crippen LogP contribution in [0.5, 0.6) is 0 Å². The van der Waals surface area contributed by atoms with Crippen LogP contribution in [0.4, 0.5) is 10.5 Å². The molecule has 2 N–H and O–H groups in total. The molecule has 0 radical (unpaired) electrons. The Hall–Kier alpha value is -3.15. The molecule has 1 unspecified atom stereocenters. The van der Waals surface area contributed by atoms with Gasteiger partial charge in [-0.15, -0.1) is 0 Å². The van der Waals surface area contributed by atoms with Gasteiger partial charge in [-0.1, -0.05) is 83.1 Å². The van der Waals surface area contributed by atoms with Crippen LogP contribution < -0.4 is 10.6 Å². The van der Waals surface area contributed by atoms with Gasteiger partial charge in [-0.3, -0.25) is 14.5 Å². The number of imide groups is 1. The molecule has 1 aliphatic heterocycles. The molecule has 6 heteroatoms. The minimum atomic E-state index is -1.14. The lowest BCUT2D eigenvalue weighted by Gasteiger charge is -2.25. The first kappa shape index (κ1) is 22.5. The summed E-state index contributed by atoms with van der Waals surface area (Å²) in [5, 5.41) is 5.80. The summed E-state index contributed by atoms with van der Waals surface area (Å²) < 4.78 is 0. The average Bonchev–Trinajstić information content (AvgIpc) is 2.99. The highest BCUT2D eigenvalue weighted by molar-refractivity contribution is 6.10. The number of carbonyl (C=O) groups excluding carboxylic acids is 3. The van der Waals surface area contributed by atoms with Crippen LogP contribution in [0.1, 0.15) is 69.6 Å². The number of hydrogen-bond acceptors (Lipinski definition) is 3. The van der Waals surface area contributed by atoms with Gasteiger partial charge in [0.15, 0.2) is 0 Å². The van der Waals surface area contributed by atoms with Gasteiger partial charge in [-0.25, -0.2) is 4.79 Å². The van der Waals surface area contributed by atoms with E-state index in [-0.39, 0.29) is 18.4 Å². The second kappa shape index (κ2) is 8.92. The van der Waals surface area contributed by atoms with Crippen LogP contribution in [-0.2, 0) is 15.1 Å². The number of nitrogens with one attached hydrogen (secondary N) is 2. The number of amides is 4. The molecule has 1 fully saturated rings. The van der Waals surface area contributed by atoms with Gasteiger partial charge in [0.25, 0.3) is 5.91 Å². The van der Waals surface area contributed by atoms with Crippen molar-refractivity contribution in [3.05, 3.63) is 65.2 Å². The van der Waals surface area contributed by atoms with Crippen molar-refractivity contribution in [2.45, 2.75) is 58.4 Å². The Labute approximate surface area is 184 Å². The SMILES string of the molecule is CCC1(c2ccccc2)NC(=O)N(CC(=O)Nc2c(C(C)C)cccc2C(C)C)C1=O. The van der Waals surface area contributed by atoms with Crippen molar-refractivity contribution >= 4 is 23.5 Å². The Morgan fingerprint density at radius 2 is 1.55 bits per heavy atom.